The summed E-state index contributed by atoms with van der Waals surface area (Å²) < 4.78 is 25.4. The molecule has 0 radical (unpaired) electrons. The number of halogens is 1. The van der Waals surface area contributed by atoms with Crippen LogP contribution in [0.15, 0.2) is 60.8 Å². The molecule has 0 saturated carbocycles. The van der Waals surface area contributed by atoms with E-state index < -0.39 is 15.4 Å². The van der Waals surface area contributed by atoms with Gasteiger partial charge in [-0.25, -0.2) is 13.1 Å². The highest BCUT2D eigenvalue weighted by Crippen LogP contribution is 2.27. The van der Waals surface area contributed by atoms with Gasteiger partial charge >= 0.3 is 0 Å². The molecular formula is C22H22ClN3O3S. The zero-order chi connectivity index (χ0) is 21.4. The van der Waals surface area contributed by atoms with Crippen molar-refractivity contribution in [2.75, 3.05) is 11.5 Å². The van der Waals surface area contributed by atoms with Crippen molar-refractivity contribution in [2.24, 2.45) is 0 Å². The first-order valence-electron chi connectivity index (χ1n) is 9.64. The Morgan fingerprint density at radius 1 is 1.17 bits per heavy atom. The number of hydrogen-bond acceptors (Lipinski definition) is 4. The van der Waals surface area contributed by atoms with E-state index in [1.807, 2.05) is 48.7 Å². The molecule has 1 fully saturated rings. The number of rotatable bonds is 5. The molecule has 2 heterocycles. The number of carbonyl (C=O) groups is 1. The third kappa shape index (κ3) is 4.57. The van der Waals surface area contributed by atoms with Gasteiger partial charge in [-0.2, -0.15) is 5.10 Å². The van der Waals surface area contributed by atoms with Gasteiger partial charge in [-0.15, -0.1) is 0 Å². The summed E-state index contributed by atoms with van der Waals surface area (Å²) in [6.07, 6.45) is 2.36. The average molecular weight is 444 g/mol. The van der Waals surface area contributed by atoms with E-state index in [-0.39, 0.29) is 23.8 Å². The number of sulfone groups is 1. The van der Waals surface area contributed by atoms with Crippen LogP contribution < -0.4 is 5.32 Å². The van der Waals surface area contributed by atoms with Crippen molar-refractivity contribution in [2.45, 2.75) is 25.3 Å². The van der Waals surface area contributed by atoms with Crippen LogP contribution in [0, 0.1) is 0 Å². The molecule has 8 heteroatoms. The smallest absolute Gasteiger partial charge is 0.225 e. The third-order valence-electron chi connectivity index (χ3n) is 5.22. The van der Waals surface area contributed by atoms with Crippen molar-refractivity contribution >= 4 is 27.3 Å². The molecule has 6 nitrogen and oxygen atoms in total. The maximum Gasteiger partial charge on any atom is 0.225 e. The van der Waals surface area contributed by atoms with Crippen LogP contribution in [0.25, 0.3) is 16.9 Å². The van der Waals surface area contributed by atoms with E-state index in [1.54, 1.807) is 23.7 Å². The Hall–Kier alpha value is -2.64. The van der Waals surface area contributed by atoms with Crippen molar-refractivity contribution in [1.29, 1.82) is 0 Å². The van der Waals surface area contributed by atoms with Crippen LogP contribution in [0.3, 0.4) is 0 Å². The average Bonchev–Trinajstić information content (AvgIpc) is 3.23. The summed E-state index contributed by atoms with van der Waals surface area (Å²) in [5, 5.41) is 8.24. The first kappa shape index (κ1) is 20.6. The lowest BCUT2D eigenvalue weighted by molar-refractivity contribution is -0.121. The normalized spacial score (nSPS) is 20.2. The van der Waals surface area contributed by atoms with Crippen LogP contribution in [-0.2, 0) is 21.1 Å². The highest BCUT2D eigenvalue weighted by molar-refractivity contribution is 7.91. The molecule has 4 rings (SSSR count). The van der Waals surface area contributed by atoms with Gasteiger partial charge in [0.25, 0.3) is 0 Å². The summed E-state index contributed by atoms with van der Waals surface area (Å²) in [6, 6.07) is 17.0. The summed E-state index contributed by atoms with van der Waals surface area (Å²) in [7, 11) is -3.10. The Morgan fingerprint density at radius 3 is 2.50 bits per heavy atom. The molecule has 1 N–H and O–H groups in total. The SMILES string of the molecule is C[C@@]1(NC(=O)Cc2cn(-c3ccccc3)nc2-c2ccc(Cl)cc2)CCS(=O)(=O)C1. The second-order valence-corrected chi connectivity index (χ2v) is 10.5. The predicted molar refractivity (Wildman–Crippen MR) is 118 cm³/mol. The zero-order valence-corrected chi connectivity index (χ0v) is 18.1. The Kier molecular flexibility index (Phi) is 5.42. The quantitative estimate of drug-likeness (QED) is 0.655. The molecule has 2 aromatic carbocycles. The first-order chi connectivity index (χ1) is 14.2. The van der Waals surface area contributed by atoms with E-state index in [0.717, 1.165) is 16.8 Å². The third-order valence-corrected chi connectivity index (χ3v) is 7.38. The lowest BCUT2D eigenvalue weighted by Gasteiger charge is -2.23. The van der Waals surface area contributed by atoms with Gasteiger partial charge < -0.3 is 5.32 Å². The van der Waals surface area contributed by atoms with Gasteiger partial charge in [-0.3, -0.25) is 4.79 Å². The van der Waals surface area contributed by atoms with Crippen LogP contribution in [-0.4, -0.2) is 41.2 Å². The number of hydrogen-bond donors (Lipinski definition) is 1. The molecule has 1 aliphatic heterocycles. The van der Waals surface area contributed by atoms with E-state index in [9.17, 15) is 13.2 Å². The van der Waals surface area contributed by atoms with Crippen molar-refractivity contribution in [1.82, 2.24) is 15.1 Å². The number of nitrogens with zero attached hydrogens (tertiary/aromatic N) is 2. The standard InChI is InChI=1S/C22H22ClN3O3S/c1-22(11-12-30(28,29)15-22)24-20(27)13-17-14-26(19-5-3-2-4-6-19)25-21(17)16-7-9-18(23)10-8-16/h2-10,14H,11-13,15H2,1H3,(H,24,27)/t22-/m1/s1. The summed E-state index contributed by atoms with van der Waals surface area (Å²) in [5.41, 5.74) is 2.45. The minimum absolute atomic E-state index is 0.0287. The Labute approximate surface area is 180 Å². The summed E-state index contributed by atoms with van der Waals surface area (Å²) >= 11 is 6.02. The molecule has 0 aliphatic carbocycles. The Bertz CT molecular complexity index is 1170. The van der Waals surface area contributed by atoms with Crippen LogP contribution in [0.1, 0.15) is 18.9 Å². The molecule has 3 aromatic rings. The Morgan fingerprint density at radius 2 is 1.87 bits per heavy atom. The largest absolute Gasteiger partial charge is 0.350 e. The number of aromatic nitrogens is 2. The van der Waals surface area contributed by atoms with Gasteiger partial charge in [0.05, 0.1) is 34.8 Å². The van der Waals surface area contributed by atoms with Crippen LogP contribution in [0.4, 0.5) is 0 Å². The van der Waals surface area contributed by atoms with Gasteiger partial charge in [0, 0.05) is 22.3 Å². The second-order valence-electron chi connectivity index (χ2n) is 7.92. The maximum absolute atomic E-state index is 12.8. The summed E-state index contributed by atoms with van der Waals surface area (Å²) in [4.78, 5) is 12.8. The molecule has 0 spiro atoms. The number of benzene rings is 2. The molecule has 0 bridgehead atoms. The predicted octanol–water partition coefficient (Wildman–Crippen LogP) is 3.43. The van der Waals surface area contributed by atoms with Crippen molar-refractivity contribution < 1.29 is 13.2 Å². The minimum Gasteiger partial charge on any atom is -0.350 e. The van der Waals surface area contributed by atoms with Crippen molar-refractivity contribution in [3.8, 4) is 16.9 Å². The van der Waals surface area contributed by atoms with E-state index >= 15 is 0 Å². The highest BCUT2D eigenvalue weighted by atomic mass is 35.5. The van der Waals surface area contributed by atoms with Gasteiger partial charge in [-0.1, -0.05) is 41.9 Å². The molecule has 0 unspecified atom stereocenters. The van der Waals surface area contributed by atoms with E-state index in [4.69, 9.17) is 16.7 Å². The minimum atomic E-state index is -3.10. The number of para-hydroxylation sites is 1. The second kappa shape index (κ2) is 7.89. The number of carbonyl (C=O) groups excluding carboxylic acids is 1. The maximum atomic E-state index is 12.8. The molecular weight excluding hydrogens is 422 g/mol. The first-order valence-corrected chi connectivity index (χ1v) is 11.8. The molecule has 1 atom stereocenters. The van der Waals surface area contributed by atoms with E-state index in [2.05, 4.69) is 5.32 Å². The van der Waals surface area contributed by atoms with E-state index in [1.165, 1.54) is 0 Å². The van der Waals surface area contributed by atoms with E-state index in [0.29, 0.717) is 17.1 Å². The van der Waals surface area contributed by atoms with Crippen LogP contribution >= 0.6 is 11.6 Å². The Balaban J connectivity index is 1.63. The monoisotopic (exact) mass is 443 g/mol. The molecule has 1 aliphatic rings. The summed E-state index contributed by atoms with van der Waals surface area (Å²) in [5.74, 6) is -0.150. The fraction of sp³-hybridized carbons (Fsp3) is 0.273. The highest BCUT2D eigenvalue weighted by Gasteiger charge is 2.39. The summed E-state index contributed by atoms with van der Waals surface area (Å²) in [6.45, 7) is 1.78. The van der Waals surface area contributed by atoms with Gasteiger partial charge in [0.2, 0.25) is 5.91 Å². The molecule has 156 valence electrons. The van der Waals surface area contributed by atoms with Crippen molar-refractivity contribution in [3.05, 3.63) is 71.4 Å². The zero-order valence-electron chi connectivity index (χ0n) is 16.5. The molecule has 1 amide bonds. The number of nitrogens with one attached hydrogen (secondary N) is 1. The topological polar surface area (TPSA) is 81.1 Å². The fourth-order valence-electron chi connectivity index (χ4n) is 3.77. The van der Waals surface area contributed by atoms with Crippen LogP contribution in [0.5, 0.6) is 0 Å². The van der Waals surface area contributed by atoms with Gasteiger partial charge in [0.1, 0.15) is 0 Å². The lowest BCUT2D eigenvalue weighted by Crippen LogP contribution is -2.47. The molecule has 1 saturated heterocycles. The number of amides is 1. The van der Waals surface area contributed by atoms with Gasteiger partial charge in [0.15, 0.2) is 9.84 Å². The van der Waals surface area contributed by atoms with Crippen molar-refractivity contribution in [3.63, 3.8) is 0 Å². The lowest BCUT2D eigenvalue weighted by atomic mass is 10.0. The molecule has 30 heavy (non-hydrogen) atoms. The van der Waals surface area contributed by atoms with Gasteiger partial charge in [-0.05, 0) is 37.6 Å². The van der Waals surface area contributed by atoms with Crippen LogP contribution in [0.2, 0.25) is 5.02 Å². The molecule has 1 aromatic heterocycles. The fourth-order valence-corrected chi connectivity index (χ4v) is 5.98.